The van der Waals surface area contributed by atoms with E-state index in [1.807, 2.05) is 0 Å². The molecule has 48 valence electrons. The Kier molecular flexibility index (Phi) is 4.71. The minimum atomic E-state index is -0.642. The highest BCUT2D eigenvalue weighted by Gasteiger charge is 2.00. The van der Waals surface area contributed by atoms with Gasteiger partial charge < -0.3 is 4.74 Å². The number of hydrogen-bond donors (Lipinski definition) is 0. The Morgan fingerprint density at radius 3 is 2.38 bits per heavy atom. The predicted molar refractivity (Wildman–Crippen MR) is 35.8 cm³/mol. The SMILES string of the molecule is O=C(Br)OCC(Cl)Cl. The number of alkyl halides is 2. The zero-order valence-electron chi connectivity index (χ0n) is 3.73. The van der Waals surface area contributed by atoms with Crippen molar-refractivity contribution in [1.82, 2.24) is 0 Å². The van der Waals surface area contributed by atoms with E-state index < -0.39 is 9.71 Å². The third kappa shape index (κ3) is 6.53. The van der Waals surface area contributed by atoms with E-state index >= 15 is 0 Å². The standard InChI is InChI=1S/C3H3BrCl2O2/c4-3(7)8-1-2(5)6/h2H,1H2. The molecule has 0 radical (unpaired) electrons. The highest BCUT2D eigenvalue weighted by Crippen LogP contribution is 2.02. The summed E-state index contributed by atoms with van der Waals surface area (Å²) in [6.45, 7) is 0.0210. The first-order valence-corrected chi connectivity index (χ1v) is 3.40. The minimum absolute atomic E-state index is 0.0210. The average Bonchev–Trinajstić information content (AvgIpc) is 1.61. The number of halogens is 3. The molecule has 0 aliphatic rings. The zero-order valence-corrected chi connectivity index (χ0v) is 6.83. The summed E-state index contributed by atoms with van der Waals surface area (Å²) in [5.41, 5.74) is 0. The Balaban J connectivity index is 3.05. The van der Waals surface area contributed by atoms with Crippen LogP contribution in [0.5, 0.6) is 0 Å². The Hall–Kier alpha value is 0.530. The van der Waals surface area contributed by atoms with Crippen molar-refractivity contribution in [2.75, 3.05) is 6.61 Å². The number of hydrogen-bond acceptors (Lipinski definition) is 2. The van der Waals surface area contributed by atoms with Crippen molar-refractivity contribution in [3.8, 4) is 0 Å². The molecule has 0 fully saturated rings. The number of ether oxygens (including phenoxy) is 1. The van der Waals surface area contributed by atoms with Crippen LogP contribution in [0.15, 0.2) is 0 Å². The van der Waals surface area contributed by atoms with Gasteiger partial charge in [0.1, 0.15) is 11.4 Å². The Morgan fingerprint density at radius 2 is 2.25 bits per heavy atom. The van der Waals surface area contributed by atoms with E-state index in [2.05, 4.69) is 20.7 Å². The lowest BCUT2D eigenvalue weighted by molar-refractivity contribution is 0.181. The molecule has 0 amide bonds. The van der Waals surface area contributed by atoms with Crippen LogP contribution in [0.3, 0.4) is 0 Å². The first-order chi connectivity index (χ1) is 3.63. The molecule has 0 aliphatic carbocycles. The van der Waals surface area contributed by atoms with E-state index in [0.717, 1.165) is 0 Å². The van der Waals surface area contributed by atoms with Crippen LogP contribution in [0.25, 0.3) is 0 Å². The Labute approximate surface area is 65.2 Å². The van der Waals surface area contributed by atoms with Gasteiger partial charge in [-0.25, -0.2) is 4.79 Å². The van der Waals surface area contributed by atoms with Crippen LogP contribution < -0.4 is 0 Å². The van der Waals surface area contributed by atoms with E-state index in [1.165, 1.54) is 0 Å². The van der Waals surface area contributed by atoms with Crippen molar-refractivity contribution < 1.29 is 9.53 Å². The highest BCUT2D eigenvalue weighted by atomic mass is 79.9. The van der Waals surface area contributed by atoms with Crippen molar-refractivity contribution in [1.29, 1.82) is 0 Å². The second-order valence-electron chi connectivity index (χ2n) is 0.940. The van der Waals surface area contributed by atoms with E-state index in [1.54, 1.807) is 0 Å². The molecule has 0 N–H and O–H groups in total. The van der Waals surface area contributed by atoms with Gasteiger partial charge in [0.25, 0.3) is 0 Å². The summed E-state index contributed by atoms with van der Waals surface area (Å²) in [5.74, 6) is 0. The summed E-state index contributed by atoms with van der Waals surface area (Å²) in [6, 6.07) is 0. The van der Waals surface area contributed by atoms with Gasteiger partial charge in [-0.05, 0) is 0 Å². The quantitative estimate of drug-likeness (QED) is 0.529. The summed E-state index contributed by atoms with van der Waals surface area (Å²) >= 11 is 12.9. The molecular formula is C3H3BrCl2O2. The second kappa shape index (κ2) is 4.41. The first kappa shape index (κ1) is 8.53. The van der Waals surface area contributed by atoms with E-state index in [-0.39, 0.29) is 6.61 Å². The molecule has 0 saturated heterocycles. The van der Waals surface area contributed by atoms with E-state index in [4.69, 9.17) is 23.2 Å². The summed E-state index contributed by atoms with van der Waals surface area (Å²) in [5, 5.41) is 0. The lowest BCUT2D eigenvalue weighted by Gasteiger charge is -1.97. The molecule has 0 aromatic heterocycles. The summed E-state index contributed by atoms with van der Waals surface area (Å²) in [7, 11) is 0. The average molecular weight is 222 g/mol. The monoisotopic (exact) mass is 220 g/mol. The number of rotatable bonds is 2. The number of carbonyl (C=O) groups is 1. The molecule has 0 aliphatic heterocycles. The van der Waals surface area contributed by atoms with Crippen LogP contribution in [0.1, 0.15) is 0 Å². The second-order valence-corrected chi connectivity index (χ2v) is 2.86. The lowest BCUT2D eigenvalue weighted by Crippen LogP contribution is -2.02. The molecule has 0 saturated carbocycles. The minimum Gasteiger partial charge on any atom is -0.454 e. The molecule has 5 heteroatoms. The summed E-state index contributed by atoms with van der Waals surface area (Å²) in [4.78, 5) is 8.73. The van der Waals surface area contributed by atoms with Gasteiger partial charge in [-0.2, -0.15) is 0 Å². The van der Waals surface area contributed by atoms with E-state index in [9.17, 15) is 4.79 Å². The maximum Gasteiger partial charge on any atom is 0.374 e. The fraction of sp³-hybridized carbons (Fsp3) is 0.667. The van der Waals surface area contributed by atoms with Crippen molar-refractivity contribution in [3.63, 3.8) is 0 Å². The molecule has 8 heavy (non-hydrogen) atoms. The summed E-state index contributed by atoms with van der Waals surface area (Å²) in [6.07, 6.45) is 0. The number of carbonyl (C=O) groups excluding carboxylic acids is 1. The zero-order chi connectivity index (χ0) is 6.57. The maximum atomic E-state index is 9.93. The molecule has 2 nitrogen and oxygen atoms in total. The third-order valence-corrected chi connectivity index (χ3v) is 0.804. The van der Waals surface area contributed by atoms with Crippen LogP contribution in [0.4, 0.5) is 4.79 Å². The topological polar surface area (TPSA) is 26.3 Å². The Morgan fingerprint density at radius 1 is 1.75 bits per heavy atom. The molecule has 0 aromatic rings. The molecule has 0 rings (SSSR count). The molecule has 0 atom stereocenters. The third-order valence-electron chi connectivity index (χ3n) is 0.323. The molecule has 0 bridgehead atoms. The predicted octanol–water partition coefficient (Wildman–Crippen LogP) is 2.32. The van der Waals surface area contributed by atoms with Gasteiger partial charge in [-0.3, -0.25) is 0 Å². The Bertz CT molecular complexity index is 85.4. The van der Waals surface area contributed by atoms with Gasteiger partial charge >= 0.3 is 4.88 Å². The van der Waals surface area contributed by atoms with Gasteiger partial charge in [0.05, 0.1) is 0 Å². The highest BCUT2D eigenvalue weighted by molar-refractivity contribution is 9.18. The van der Waals surface area contributed by atoms with Crippen LogP contribution in [-0.2, 0) is 4.74 Å². The smallest absolute Gasteiger partial charge is 0.374 e. The fourth-order valence-electron chi connectivity index (χ4n) is 0.129. The van der Waals surface area contributed by atoms with E-state index in [0.29, 0.717) is 0 Å². The van der Waals surface area contributed by atoms with Crippen LogP contribution in [0, 0.1) is 0 Å². The largest absolute Gasteiger partial charge is 0.454 e. The molecular weight excluding hydrogens is 219 g/mol. The lowest BCUT2D eigenvalue weighted by atomic mass is 10.8. The van der Waals surface area contributed by atoms with Crippen LogP contribution in [0.2, 0.25) is 0 Å². The maximum absolute atomic E-state index is 9.93. The van der Waals surface area contributed by atoms with Crippen LogP contribution in [-0.4, -0.2) is 16.3 Å². The van der Waals surface area contributed by atoms with Gasteiger partial charge in [0.2, 0.25) is 0 Å². The normalized spacial score (nSPS) is 9.50. The molecule has 0 unspecified atom stereocenters. The van der Waals surface area contributed by atoms with Crippen molar-refractivity contribution in [2.45, 2.75) is 4.84 Å². The molecule has 0 spiro atoms. The fourth-order valence-corrected chi connectivity index (χ4v) is 0.387. The van der Waals surface area contributed by atoms with Gasteiger partial charge in [0.15, 0.2) is 0 Å². The summed E-state index contributed by atoms with van der Waals surface area (Å²) < 4.78 is 4.32. The van der Waals surface area contributed by atoms with Gasteiger partial charge in [-0.15, -0.1) is 23.2 Å². The van der Waals surface area contributed by atoms with Crippen molar-refractivity contribution in [2.24, 2.45) is 0 Å². The first-order valence-electron chi connectivity index (χ1n) is 1.73. The van der Waals surface area contributed by atoms with Crippen molar-refractivity contribution in [3.05, 3.63) is 0 Å². The van der Waals surface area contributed by atoms with Gasteiger partial charge in [-0.1, -0.05) is 0 Å². The van der Waals surface area contributed by atoms with Crippen molar-refractivity contribution >= 4 is 44.0 Å². The molecule has 0 heterocycles. The van der Waals surface area contributed by atoms with Crippen LogP contribution >= 0.6 is 39.1 Å². The van der Waals surface area contributed by atoms with Gasteiger partial charge in [0, 0.05) is 15.9 Å². The molecule has 0 aromatic carbocycles.